The number of hydrogen-bond donors (Lipinski definition) is 1. The molecule has 0 bridgehead atoms. The maximum absolute atomic E-state index is 15.1. The van der Waals surface area contributed by atoms with E-state index < -0.39 is 27.4 Å². The summed E-state index contributed by atoms with van der Waals surface area (Å²) in [5.41, 5.74) is 1.91. The van der Waals surface area contributed by atoms with Crippen molar-refractivity contribution in [3.63, 3.8) is 0 Å². The Bertz CT molecular complexity index is 1500. The summed E-state index contributed by atoms with van der Waals surface area (Å²) in [6.45, 7) is 1.65. The van der Waals surface area contributed by atoms with E-state index in [0.29, 0.717) is 28.1 Å². The third-order valence-electron chi connectivity index (χ3n) is 6.05. The third-order valence-corrected chi connectivity index (χ3v) is 7.76. The minimum absolute atomic E-state index is 0.0142. The van der Waals surface area contributed by atoms with Crippen LogP contribution in [0.2, 0.25) is 0 Å². The van der Waals surface area contributed by atoms with Crippen molar-refractivity contribution in [2.75, 3.05) is 0 Å². The number of carboxylic acid groups (broad SMARTS) is 1. The first-order valence-electron chi connectivity index (χ1n) is 10.7. The van der Waals surface area contributed by atoms with Crippen LogP contribution < -0.4 is 0 Å². The van der Waals surface area contributed by atoms with Gasteiger partial charge in [0.05, 0.1) is 28.1 Å². The maximum atomic E-state index is 15.1. The van der Waals surface area contributed by atoms with Crippen LogP contribution in [0.5, 0.6) is 0 Å². The summed E-state index contributed by atoms with van der Waals surface area (Å²) in [7, 11) is -3.97. The molecule has 1 aliphatic rings. The molecule has 0 spiro atoms. The van der Waals surface area contributed by atoms with Gasteiger partial charge in [-0.05, 0) is 73.2 Å². The van der Waals surface area contributed by atoms with Crippen molar-refractivity contribution in [3.05, 3.63) is 89.3 Å². The number of halogens is 1. The summed E-state index contributed by atoms with van der Waals surface area (Å²) >= 11 is 0. The highest BCUT2D eigenvalue weighted by Crippen LogP contribution is 2.44. The van der Waals surface area contributed by atoms with Crippen molar-refractivity contribution in [3.8, 4) is 16.8 Å². The molecule has 1 fully saturated rings. The molecule has 1 aliphatic carbocycles. The Hall–Kier alpha value is -3.72. The number of nitrogens with zero attached hydrogens (tertiary/aromatic N) is 2. The van der Waals surface area contributed by atoms with E-state index in [-0.39, 0.29) is 21.9 Å². The van der Waals surface area contributed by atoms with Gasteiger partial charge in [0.2, 0.25) is 0 Å². The second-order valence-corrected chi connectivity index (χ2v) is 10.4. The average Bonchev–Trinajstić information content (AvgIpc) is 3.32. The van der Waals surface area contributed by atoms with Crippen LogP contribution in [0, 0.1) is 12.7 Å². The molecule has 4 aromatic rings. The first-order valence-corrected chi connectivity index (χ1v) is 12.4. The number of carboxylic acids is 1. The number of aromatic carboxylic acids is 1. The van der Waals surface area contributed by atoms with Gasteiger partial charge in [-0.1, -0.05) is 11.2 Å². The second-order valence-electron chi connectivity index (χ2n) is 8.44. The van der Waals surface area contributed by atoms with E-state index >= 15 is 4.39 Å². The fourth-order valence-corrected chi connectivity index (χ4v) is 5.87. The van der Waals surface area contributed by atoms with Gasteiger partial charge < -0.3 is 14.2 Å². The van der Waals surface area contributed by atoms with Crippen molar-refractivity contribution in [1.29, 1.82) is 0 Å². The van der Waals surface area contributed by atoms with E-state index in [1.807, 2.05) is 0 Å². The van der Waals surface area contributed by atoms with Crippen LogP contribution in [0.15, 0.2) is 70.5 Å². The van der Waals surface area contributed by atoms with Crippen LogP contribution in [-0.2, 0) is 15.6 Å². The summed E-state index contributed by atoms with van der Waals surface area (Å²) in [5, 5.41) is 13.1. The highest BCUT2D eigenvalue weighted by Gasteiger charge is 2.32. The lowest BCUT2D eigenvalue weighted by Crippen LogP contribution is -2.12. The molecule has 5 rings (SSSR count). The fourth-order valence-electron chi connectivity index (χ4n) is 4.17. The first kappa shape index (κ1) is 22.1. The average molecular weight is 481 g/mol. The van der Waals surface area contributed by atoms with E-state index in [1.54, 1.807) is 42.1 Å². The van der Waals surface area contributed by atoms with Gasteiger partial charge in [0.25, 0.3) is 0 Å². The maximum Gasteiger partial charge on any atom is 0.335 e. The summed E-state index contributed by atoms with van der Waals surface area (Å²) in [6, 6.07) is 10.6. The predicted octanol–water partition coefficient (Wildman–Crippen LogP) is 5.13. The van der Waals surface area contributed by atoms with Gasteiger partial charge in [0.1, 0.15) is 11.6 Å². The zero-order valence-corrected chi connectivity index (χ0v) is 19.0. The number of carbonyl (C=O) groups is 1. The molecule has 7 nitrogen and oxygen atoms in total. The van der Waals surface area contributed by atoms with Crippen LogP contribution >= 0.6 is 0 Å². The molecule has 2 heterocycles. The summed E-state index contributed by atoms with van der Waals surface area (Å²) in [6.07, 6.45) is 6.52. The third kappa shape index (κ3) is 4.03. The topological polar surface area (TPSA) is 102 Å². The lowest BCUT2D eigenvalue weighted by Gasteiger charge is -2.16. The molecule has 0 unspecified atom stereocenters. The predicted molar refractivity (Wildman–Crippen MR) is 122 cm³/mol. The minimum Gasteiger partial charge on any atom is -0.478 e. The van der Waals surface area contributed by atoms with Crippen molar-refractivity contribution in [2.24, 2.45) is 0 Å². The van der Waals surface area contributed by atoms with Gasteiger partial charge in [0.15, 0.2) is 9.84 Å². The molecule has 2 aromatic carbocycles. The van der Waals surface area contributed by atoms with Crippen molar-refractivity contribution in [1.82, 2.24) is 9.72 Å². The highest BCUT2D eigenvalue weighted by atomic mass is 32.2. The van der Waals surface area contributed by atoms with Gasteiger partial charge >= 0.3 is 5.97 Å². The van der Waals surface area contributed by atoms with Crippen LogP contribution in [0.1, 0.15) is 46.0 Å². The highest BCUT2D eigenvalue weighted by molar-refractivity contribution is 7.90. The summed E-state index contributed by atoms with van der Waals surface area (Å²) in [5.74, 6) is -1.66. The molecular formula is C25H21FN2O5S. The molecule has 0 atom stereocenters. The lowest BCUT2D eigenvalue weighted by molar-refractivity contribution is 0.0696. The van der Waals surface area contributed by atoms with Gasteiger partial charge in [0, 0.05) is 23.5 Å². The van der Waals surface area contributed by atoms with E-state index in [4.69, 9.17) is 4.52 Å². The standard InChI is InChI=1S/C25H21FN2O5S/c1-15-21(13-27-33-15)20-10-18(23(12-22(20)26)28-8-2-3-9-28)14-34(31,32)24-11-17(25(29)30)6-7-19(24)16-4-5-16/h2-3,6-13,16H,4-5,14H2,1H3,(H,29,30). The lowest BCUT2D eigenvalue weighted by atomic mass is 10.0. The van der Waals surface area contributed by atoms with Crippen LogP contribution in [0.25, 0.3) is 16.8 Å². The Kier molecular flexibility index (Phi) is 5.36. The first-order chi connectivity index (χ1) is 16.2. The molecule has 0 radical (unpaired) electrons. The number of benzene rings is 2. The van der Waals surface area contributed by atoms with Crippen molar-refractivity contribution in [2.45, 2.75) is 36.3 Å². The minimum atomic E-state index is -3.97. The van der Waals surface area contributed by atoms with Gasteiger partial charge in [-0.15, -0.1) is 0 Å². The number of aromatic nitrogens is 2. The van der Waals surface area contributed by atoms with E-state index in [9.17, 15) is 18.3 Å². The second kappa shape index (κ2) is 8.25. The molecule has 2 aromatic heterocycles. The number of sulfone groups is 1. The molecule has 1 saturated carbocycles. The van der Waals surface area contributed by atoms with Crippen molar-refractivity contribution < 1.29 is 27.2 Å². The number of aryl methyl sites for hydroxylation is 1. The molecule has 0 saturated heterocycles. The van der Waals surface area contributed by atoms with E-state index in [0.717, 1.165) is 12.8 Å². The molecule has 174 valence electrons. The Balaban J connectivity index is 1.66. The van der Waals surface area contributed by atoms with Gasteiger partial charge in [-0.2, -0.15) is 0 Å². The Morgan fingerprint density at radius 2 is 1.91 bits per heavy atom. The Morgan fingerprint density at radius 1 is 1.18 bits per heavy atom. The van der Waals surface area contributed by atoms with Crippen LogP contribution in [0.4, 0.5) is 4.39 Å². The van der Waals surface area contributed by atoms with Crippen LogP contribution in [0.3, 0.4) is 0 Å². The van der Waals surface area contributed by atoms with Crippen LogP contribution in [-0.4, -0.2) is 29.2 Å². The molecule has 0 aliphatic heterocycles. The van der Waals surface area contributed by atoms with E-state index in [2.05, 4.69) is 5.16 Å². The normalized spacial score (nSPS) is 13.8. The smallest absolute Gasteiger partial charge is 0.335 e. The quantitative estimate of drug-likeness (QED) is 0.393. The molecule has 1 N–H and O–H groups in total. The fraction of sp³-hybridized carbons (Fsp3) is 0.200. The zero-order valence-electron chi connectivity index (χ0n) is 18.2. The Morgan fingerprint density at radius 3 is 2.53 bits per heavy atom. The van der Waals surface area contributed by atoms with Crippen molar-refractivity contribution >= 4 is 15.8 Å². The SMILES string of the molecule is Cc1oncc1-c1cc(CS(=O)(=O)c2cc(C(=O)O)ccc2C2CC2)c(-n2cccc2)cc1F. The molecule has 34 heavy (non-hydrogen) atoms. The monoisotopic (exact) mass is 480 g/mol. The largest absolute Gasteiger partial charge is 0.478 e. The van der Waals surface area contributed by atoms with Gasteiger partial charge in [-0.25, -0.2) is 17.6 Å². The zero-order chi connectivity index (χ0) is 24.0. The summed E-state index contributed by atoms with van der Waals surface area (Å²) in [4.78, 5) is 11.5. The molecule has 9 heteroatoms. The number of hydrogen-bond acceptors (Lipinski definition) is 5. The summed E-state index contributed by atoms with van der Waals surface area (Å²) < 4.78 is 49.2. The van der Waals surface area contributed by atoms with E-state index in [1.165, 1.54) is 30.5 Å². The number of rotatable bonds is 7. The van der Waals surface area contributed by atoms with Gasteiger partial charge in [-0.3, -0.25) is 0 Å². The molecule has 0 amide bonds. The Labute approximate surface area is 195 Å². The molecular weight excluding hydrogens is 459 g/mol.